The summed E-state index contributed by atoms with van der Waals surface area (Å²) in [6.07, 6.45) is 1.86. The van der Waals surface area contributed by atoms with Crippen LogP contribution in [-0.2, 0) is 0 Å². The van der Waals surface area contributed by atoms with E-state index in [9.17, 15) is 0 Å². The summed E-state index contributed by atoms with van der Waals surface area (Å²) in [5.41, 5.74) is 11.0. The quantitative estimate of drug-likeness (QED) is 0.478. The van der Waals surface area contributed by atoms with E-state index in [0.717, 1.165) is 33.5 Å². The van der Waals surface area contributed by atoms with Crippen LogP contribution in [0.3, 0.4) is 0 Å². The Morgan fingerprint density at radius 3 is 2.75 bits per heavy atom. The monoisotopic (exact) mass is 456 g/mol. The topological polar surface area (TPSA) is 56.7 Å². The van der Waals surface area contributed by atoms with Crippen molar-refractivity contribution in [3.05, 3.63) is 42.2 Å². The fourth-order valence-corrected chi connectivity index (χ4v) is 3.61. The number of hydrogen-bond donors (Lipinski definition) is 1. The molecule has 3 rings (SSSR count). The maximum absolute atomic E-state index is 5.92. The third kappa shape index (κ3) is 2.32. The number of fused-ring (bicyclic) bond motifs is 1. The Hall–Kier alpha value is -1.44. The van der Waals surface area contributed by atoms with Crippen LogP contribution in [0.1, 0.15) is 25.5 Å². The molecule has 0 radical (unpaired) electrons. The van der Waals surface area contributed by atoms with E-state index in [-0.39, 0.29) is 0 Å². The van der Waals surface area contributed by atoms with Crippen molar-refractivity contribution in [2.45, 2.75) is 19.8 Å². The molecule has 0 saturated carbocycles. The average molecular weight is 456 g/mol. The van der Waals surface area contributed by atoms with Gasteiger partial charge in [0.25, 0.3) is 0 Å². The summed E-state index contributed by atoms with van der Waals surface area (Å²) in [4.78, 5) is 4.42. The van der Waals surface area contributed by atoms with Gasteiger partial charge in [-0.3, -0.25) is 0 Å². The molecule has 2 heterocycles. The molecule has 2 N–H and O–H groups in total. The van der Waals surface area contributed by atoms with Crippen molar-refractivity contribution in [1.29, 1.82) is 0 Å². The summed E-state index contributed by atoms with van der Waals surface area (Å²) in [6.45, 7) is 4.30. The number of nitrogens with two attached hydrogens (primary N) is 1. The van der Waals surface area contributed by atoms with E-state index in [2.05, 4.69) is 27.4 Å². The minimum absolute atomic E-state index is 0.409. The van der Waals surface area contributed by atoms with E-state index in [1.54, 1.807) is 0 Å². The number of hydrogen-bond acceptors (Lipinski definition) is 3. The number of aromatic nitrogens is 3. The molecule has 98 valence electrons. The average Bonchev–Trinajstić information content (AvgIpc) is 2.75. The molecular weight excluding hydrogens is 441 g/mol. The molecule has 0 aliphatic rings. The molecular formula is C15H15N4Tl. The molecule has 4 nitrogen and oxygen atoms in total. The molecule has 0 unspecified atom stereocenters. The van der Waals surface area contributed by atoms with E-state index < -0.39 is 0 Å². The Morgan fingerprint density at radius 2 is 2.00 bits per heavy atom. The molecule has 0 saturated heterocycles. The molecule has 3 aromatic rings. The summed E-state index contributed by atoms with van der Waals surface area (Å²) >= 11 is 0.631. The van der Waals surface area contributed by atoms with Crippen molar-refractivity contribution in [2.24, 2.45) is 0 Å². The van der Waals surface area contributed by atoms with Crippen LogP contribution in [0.5, 0.6) is 0 Å². The molecule has 0 amide bonds. The third-order valence-electron chi connectivity index (χ3n) is 3.38. The molecule has 5 heteroatoms. The molecule has 0 spiro atoms. The molecule has 0 bridgehead atoms. The van der Waals surface area contributed by atoms with Crippen LogP contribution in [-0.4, -0.2) is 38.6 Å². The number of rotatable bonds is 2. The van der Waals surface area contributed by atoms with E-state index >= 15 is 0 Å². The van der Waals surface area contributed by atoms with E-state index in [4.69, 9.17) is 10.8 Å². The first kappa shape index (κ1) is 13.5. The van der Waals surface area contributed by atoms with Gasteiger partial charge in [0.1, 0.15) is 0 Å². The third-order valence-corrected chi connectivity index (χ3v) is 4.91. The molecule has 0 fully saturated rings. The zero-order chi connectivity index (χ0) is 14.3. The maximum atomic E-state index is 5.92. The predicted molar refractivity (Wildman–Crippen MR) is 82.6 cm³/mol. The van der Waals surface area contributed by atoms with Crippen LogP contribution >= 0.6 is 0 Å². The SMILES string of the molecule is CC(C)c1cc(-c2n[n]([Tl])c3ccc(N)cc23)ccn1. The summed E-state index contributed by atoms with van der Waals surface area (Å²) in [5.74, 6) is 0.409. The Kier molecular flexibility index (Phi) is 3.49. The molecule has 0 aliphatic heterocycles. The van der Waals surface area contributed by atoms with Gasteiger partial charge < -0.3 is 0 Å². The number of benzene rings is 1. The fraction of sp³-hybridized carbons (Fsp3) is 0.200. The first-order valence-corrected chi connectivity index (χ1v) is 8.56. The normalized spacial score (nSPS) is 11.3. The van der Waals surface area contributed by atoms with E-state index in [1.165, 1.54) is 0 Å². The van der Waals surface area contributed by atoms with Crippen molar-refractivity contribution in [3.8, 4) is 11.3 Å². The van der Waals surface area contributed by atoms with Gasteiger partial charge in [0, 0.05) is 0 Å². The molecule has 2 aromatic heterocycles. The van der Waals surface area contributed by atoms with Crippen LogP contribution in [0.2, 0.25) is 0 Å². The van der Waals surface area contributed by atoms with Gasteiger partial charge in [-0.1, -0.05) is 0 Å². The van der Waals surface area contributed by atoms with Gasteiger partial charge in [0.2, 0.25) is 0 Å². The Bertz CT molecular complexity index is 777. The van der Waals surface area contributed by atoms with Crippen LogP contribution in [0, 0.1) is 0 Å². The van der Waals surface area contributed by atoms with Crippen LogP contribution in [0.25, 0.3) is 22.2 Å². The van der Waals surface area contributed by atoms with Crippen molar-refractivity contribution in [3.63, 3.8) is 0 Å². The van der Waals surface area contributed by atoms with Crippen molar-refractivity contribution in [1.82, 2.24) is 12.6 Å². The van der Waals surface area contributed by atoms with E-state index in [1.807, 2.05) is 30.5 Å². The zero-order valence-corrected chi connectivity index (χ0v) is 16.0. The van der Waals surface area contributed by atoms with Gasteiger partial charge in [-0.25, -0.2) is 0 Å². The summed E-state index contributed by atoms with van der Waals surface area (Å²) in [6, 6.07) is 10.1. The first-order valence-electron chi connectivity index (χ1n) is 6.56. The second-order valence-corrected chi connectivity index (χ2v) is 7.10. The second kappa shape index (κ2) is 5.16. The summed E-state index contributed by atoms with van der Waals surface area (Å²) in [7, 11) is 0. The first-order chi connectivity index (χ1) is 9.56. The number of nitrogen functional groups attached to an aromatic ring is 1. The van der Waals surface area contributed by atoms with E-state index in [0.29, 0.717) is 32.0 Å². The van der Waals surface area contributed by atoms with Crippen LogP contribution < -0.4 is 5.73 Å². The van der Waals surface area contributed by atoms with Crippen molar-refractivity contribution < 1.29 is 0 Å². The Balaban J connectivity index is 2.24. The Labute approximate surface area is 134 Å². The number of anilines is 1. The molecule has 0 atom stereocenters. The number of pyridine rings is 1. The standard InChI is InChI=1S/C15H15N4.Tl/c1-9(2)14-7-10(5-6-17-14)15-12-8-11(16)3-4-13(12)18-19-15;/h3-9H,16H2,1-2H3;/q-1;+1. The van der Waals surface area contributed by atoms with Gasteiger partial charge in [-0.2, -0.15) is 0 Å². The van der Waals surface area contributed by atoms with Gasteiger partial charge in [0.05, 0.1) is 0 Å². The van der Waals surface area contributed by atoms with Gasteiger partial charge in [-0.15, -0.1) is 0 Å². The van der Waals surface area contributed by atoms with Gasteiger partial charge >= 0.3 is 134 Å². The molecule has 1 aromatic carbocycles. The predicted octanol–water partition coefficient (Wildman–Crippen LogP) is 2.74. The van der Waals surface area contributed by atoms with Crippen LogP contribution in [0.15, 0.2) is 36.5 Å². The zero-order valence-electron chi connectivity index (χ0n) is 11.5. The van der Waals surface area contributed by atoms with Crippen molar-refractivity contribution in [2.75, 3.05) is 5.73 Å². The second-order valence-electron chi connectivity index (χ2n) is 5.19. The Morgan fingerprint density at radius 1 is 1.20 bits per heavy atom. The van der Waals surface area contributed by atoms with Gasteiger partial charge in [-0.05, 0) is 0 Å². The molecule has 0 aliphatic carbocycles. The number of nitrogens with zero attached hydrogens (tertiary/aromatic N) is 3. The summed E-state index contributed by atoms with van der Waals surface area (Å²) < 4.78 is 2.06. The van der Waals surface area contributed by atoms with Crippen LogP contribution in [0.4, 0.5) is 5.69 Å². The molecule has 20 heavy (non-hydrogen) atoms. The summed E-state index contributed by atoms with van der Waals surface area (Å²) in [5, 5.41) is 5.83. The fourth-order valence-electron chi connectivity index (χ4n) is 2.28. The van der Waals surface area contributed by atoms with Crippen molar-refractivity contribution >= 4 is 42.7 Å². The van der Waals surface area contributed by atoms with Gasteiger partial charge in [0.15, 0.2) is 0 Å². The minimum atomic E-state index is 0.409.